The van der Waals surface area contributed by atoms with Crippen LogP contribution in [0.2, 0.25) is 0 Å². The summed E-state index contributed by atoms with van der Waals surface area (Å²) in [6, 6.07) is 7.41. The second kappa shape index (κ2) is 6.40. The van der Waals surface area contributed by atoms with Gasteiger partial charge in [-0.2, -0.15) is 0 Å². The lowest BCUT2D eigenvalue weighted by molar-refractivity contribution is 0.114. The van der Waals surface area contributed by atoms with Gasteiger partial charge in [-0.1, -0.05) is 12.1 Å². The van der Waals surface area contributed by atoms with Crippen LogP contribution < -0.4 is 10.5 Å². The largest absolute Gasteiger partial charge is 0.491 e. The van der Waals surface area contributed by atoms with Gasteiger partial charge in [-0.3, -0.25) is 0 Å². The van der Waals surface area contributed by atoms with Crippen molar-refractivity contribution in [1.29, 1.82) is 0 Å². The molecule has 0 aliphatic carbocycles. The van der Waals surface area contributed by atoms with E-state index < -0.39 is 6.10 Å². The predicted molar refractivity (Wildman–Crippen MR) is 57.8 cm³/mol. The van der Waals surface area contributed by atoms with Crippen LogP contribution in [-0.4, -0.2) is 36.1 Å². The molecule has 0 aromatic heterocycles. The zero-order valence-electron chi connectivity index (χ0n) is 8.60. The summed E-state index contributed by atoms with van der Waals surface area (Å²) in [5.41, 5.74) is 6.30. The molecule has 0 bridgehead atoms. The molecule has 15 heavy (non-hydrogen) atoms. The molecular weight excluding hydrogens is 194 g/mol. The van der Waals surface area contributed by atoms with E-state index in [1.54, 1.807) is 0 Å². The van der Waals surface area contributed by atoms with E-state index in [4.69, 9.17) is 15.6 Å². The van der Waals surface area contributed by atoms with Crippen LogP contribution in [0.15, 0.2) is 24.3 Å². The molecule has 0 aliphatic heterocycles. The van der Waals surface area contributed by atoms with Crippen molar-refractivity contribution in [2.24, 2.45) is 5.73 Å². The Kier molecular flexibility index (Phi) is 5.10. The second-order valence-corrected chi connectivity index (χ2v) is 3.32. The zero-order chi connectivity index (χ0) is 11.1. The minimum Gasteiger partial charge on any atom is -0.491 e. The highest BCUT2D eigenvalue weighted by molar-refractivity contribution is 5.27. The van der Waals surface area contributed by atoms with Gasteiger partial charge in [0.2, 0.25) is 0 Å². The van der Waals surface area contributed by atoms with Crippen molar-refractivity contribution in [3.05, 3.63) is 29.8 Å². The number of nitrogens with two attached hydrogens (primary N) is 1. The number of hydrogen-bond donors (Lipinski definition) is 3. The molecule has 0 radical (unpaired) electrons. The van der Waals surface area contributed by atoms with Crippen LogP contribution in [0.4, 0.5) is 0 Å². The van der Waals surface area contributed by atoms with Gasteiger partial charge in [0.25, 0.3) is 0 Å². The summed E-state index contributed by atoms with van der Waals surface area (Å²) < 4.78 is 5.30. The maximum atomic E-state index is 9.18. The Morgan fingerprint density at radius 2 is 1.93 bits per heavy atom. The van der Waals surface area contributed by atoms with Crippen molar-refractivity contribution in [2.45, 2.75) is 12.5 Å². The van der Waals surface area contributed by atoms with Crippen LogP contribution in [0, 0.1) is 0 Å². The van der Waals surface area contributed by atoms with E-state index in [-0.39, 0.29) is 19.8 Å². The van der Waals surface area contributed by atoms with E-state index >= 15 is 0 Å². The van der Waals surface area contributed by atoms with E-state index in [1.165, 1.54) is 0 Å². The van der Waals surface area contributed by atoms with Gasteiger partial charge in [0, 0.05) is 13.2 Å². The fourth-order valence-corrected chi connectivity index (χ4v) is 1.14. The fourth-order valence-electron chi connectivity index (χ4n) is 1.14. The Bertz CT molecular complexity index is 274. The average molecular weight is 211 g/mol. The van der Waals surface area contributed by atoms with Crippen molar-refractivity contribution >= 4 is 0 Å². The number of aliphatic hydroxyl groups is 2. The smallest absolute Gasteiger partial charge is 0.119 e. The first-order valence-corrected chi connectivity index (χ1v) is 4.97. The van der Waals surface area contributed by atoms with Crippen LogP contribution in [0.1, 0.15) is 5.56 Å². The van der Waals surface area contributed by atoms with Gasteiger partial charge in [-0.15, -0.1) is 0 Å². The third-order valence-corrected chi connectivity index (χ3v) is 2.04. The summed E-state index contributed by atoms with van der Waals surface area (Å²) in [6.07, 6.45) is 0.0215. The summed E-state index contributed by atoms with van der Waals surface area (Å²) in [5.74, 6) is 0.698. The molecule has 0 spiro atoms. The predicted octanol–water partition coefficient (Wildman–Crippen LogP) is -0.0802. The Balaban J connectivity index is 2.42. The van der Waals surface area contributed by atoms with E-state index in [9.17, 15) is 5.11 Å². The van der Waals surface area contributed by atoms with Crippen LogP contribution in [0.25, 0.3) is 0 Å². The summed E-state index contributed by atoms with van der Waals surface area (Å²) in [4.78, 5) is 0. The monoisotopic (exact) mass is 211 g/mol. The maximum Gasteiger partial charge on any atom is 0.119 e. The Morgan fingerprint density at radius 3 is 2.47 bits per heavy atom. The molecule has 0 unspecified atom stereocenters. The number of rotatable bonds is 6. The molecule has 84 valence electrons. The van der Waals surface area contributed by atoms with Gasteiger partial charge < -0.3 is 20.7 Å². The van der Waals surface area contributed by atoms with Crippen molar-refractivity contribution in [3.8, 4) is 5.75 Å². The summed E-state index contributed by atoms with van der Waals surface area (Å²) in [6.45, 7) is 0.546. The standard InChI is InChI=1S/C11H17NO3/c12-7-10(14)8-15-11-3-1-9(2-4-11)5-6-13/h1-4,10,13-14H,5-8,12H2/t10-/m1/s1. The highest BCUT2D eigenvalue weighted by Crippen LogP contribution is 2.12. The molecule has 0 amide bonds. The lowest BCUT2D eigenvalue weighted by Crippen LogP contribution is -2.26. The van der Waals surface area contributed by atoms with Crippen LogP contribution in [0.5, 0.6) is 5.75 Å². The molecule has 0 saturated carbocycles. The first-order valence-electron chi connectivity index (χ1n) is 4.97. The second-order valence-electron chi connectivity index (χ2n) is 3.32. The Hall–Kier alpha value is -1.10. The van der Waals surface area contributed by atoms with Gasteiger partial charge >= 0.3 is 0 Å². The zero-order valence-corrected chi connectivity index (χ0v) is 8.60. The third kappa shape index (κ3) is 4.29. The summed E-state index contributed by atoms with van der Waals surface area (Å²) in [7, 11) is 0. The lowest BCUT2D eigenvalue weighted by atomic mass is 10.1. The molecule has 0 heterocycles. The molecule has 1 atom stereocenters. The van der Waals surface area contributed by atoms with Gasteiger partial charge in [0.1, 0.15) is 18.5 Å². The normalized spacial score (nSPS) is 12.5. The van der Waals surface area contributed by atoms with E-state index in [1.807, 2.05) is 24.3 Å². The van der Waals surface area contributed by atoms with Crippen molar-refractivity contribution < 1.29 is 14.9 Å². The lowest BCUT2D eigenvalue weighted by Gasteiger charge is -2.10. The molecule has 0 saturated heterocycles. The van der Waals surface area contributed by atoms with Crippen LogP contribution in [-0.2, 0) is 6.42 Å². The third-order valence-electron chi connectivity index (χ3n) is 2.04. The number of ether oxygens (including phenoxy) is 1. The molecule has 0 aliphatic rings. The molecule has 1 aromatic carbocycles. The average Bonchev–Trinajstić information content (AvgIpc) is 2.28. The Morgan fingerprint density at radius 1 is 1.27 bits per heavy atom. The summed E-state index contributed by atoms with van der Waals surface area (Å²) in [5, 5.41) is 17.9. The first kappa shape index (κ1) is 12.0. The van der Waals surface area contributed by atoms with E-state index in [0.29, 0.717) is 12.2 Å². The minimum absolute atomic E-state index is 0.145. The quantitative estimate of drug-likeness (QED) is 0.615. The Labute approximate surface area is 89.3 Å². The van der Waals surface area contributed by atoms with Crippen LogP contribution >= 0.6 is 0 Å². The molecular formula is C11H17NO3. The molecule has 4 N–H and O–H groups in total. The number of aliphatic hydroxyl groups excluding tert-OH is 2. The molecule has 1 rings (SSSR count). The molecule has 4 heteroatoms. The number of hydrogen-bond acceptors (Lipinski definition) is 4. The topological polar surface area (TPSA) is 75.7 Å². The number of benzene rings is 1. The van der Waals surface area contributed by atoms with Crippen molar-refractivity contribution in [2.75, 3.05) is 19.8 Å². The van der Waals surface area contributed by atoms with Gasteiger partial charge in [-0.25, -0.2) is 0 Å². The van der Waals surface area contributed by atoms with E-state index in [2.05, 4.69) is 0 Å². The van der Waals surface area contributed by atoms with Crippen LogP contribution in [0.3, 0.4) is 0 Å². The van der Waals surface area contributed by atoms with Gasteiger partial charge in [0.15, 0.2) is 0 Å². The van der Waals surface area contributed by atoms with Crippen molar-refractivity contribution in [1.82, 2.24) is 0 Å². The fraction of sp³-hybridized carbons (Fsp3) is 0.455. The molecule has 1 aromatic rings. The van der Waals surface area contributed by atoms with Gasteiger partial charge in [-0.05, 0) is 24.1 Å². The molecule has 0 fully saturated rings. The minimum atomic E-state index is -0.623. The highest BCUT2D eigenvalue weighted by Gasteiger charge is 2.01. The highest BCUT2D eigenvalue weighted by atomic mass is 16.5. The SMILES string of the molecule is NC[C@@H](O)COc1ccc(CCO)cc1. The van der Waals surface area contributed by atoms with Gasteiger partial charge in [0.05, 0.1) is 0 Å². The maximum absolute atomic E-state index is 9.18. The molecule has 4 nitrogen and oxygen atoms in total. The van der Waals surface area contributed by atoms with E-state index in [0.717, 1.165) is 5.56 Å². The van der Waals surface area contributed by atoms with Crippen molar-refractivity contribution in [3.63, 3.8) is 0 Å². The summed E-state index contributed by atoms with van der Waals surface area (Å²) >= 11 is 0. The first-order chi connectivity index (χ1) is 7.26.